The van der Waals surface area contributed by atoms with Crippen molar-refractivity contribution in [2.24, 2.45) is 0 Å². The number of hydrogen-bond acceptors (Lipinski definition) is 3. The fourth-order valence-electron chi connectivity index (χ4n) is 0.747. The zero-order valence-electron chi connectivity index (χ0n) is 8.12. The van der Waals surface area contributed by atoms with Crippen molar-refractivity contribution < 1.29 is 23.8 Å². The van der Waals surface area contributed by atoms with Crippen LogP contribution in [0.15, 0.2) is 12.2 Å². The molecule has 0 aliphatic heterocycles. The van der Waals surface area contributed by atoms with Crippen LogP contribution in [0.3, 0.4) is 0 Å². The lowest BCUT2D eigenvalue weighted by atomic mass is 10.2. The van der Waals surface area contributed by atoms with Gasteiger partial charge in [0.2, 0.25) is 6.17 Å². The smallest absolute Gasteiger partial charge is 0.342 e. The number of ether oxygens (including phenoxy) is 1. The summed E-state index contributed by atoms with van der Waals surface area (Å²) in [6.07, 6.45) is -3.34. The van der Waals surface area contributed by atoms with Crippen molar-refractivity contribution in [2.45, 2.75) is 32.5 Å². The summed E-state index contributed by atoms with van der Waals surface area (Å²) in [5.41, 5.74) is 0.112. The van der Waals surface area contributed by atoms with Crippen LogP contribution in [0.5, 0.6) is 0 Å². The third-order valence-corrected chi connectivity index (χ3v) is 1.57. The first-order chi connectivity index (χ1) is 6.40. The highest BCUT2D eigenvalue weighted by atomic mass is 19.1. The van der Waals surface area contributed by atoms with E-state index in [9.17, 15) is 14.0 Å². The Bertz CT molecular complexity index is 249. The summed E-state index contributed by atoms with van der Waals surface area (Å²) in [5, 5.41) is 8.35. The molecule has 5 heteroatoms. The van der Waals surface area contributed by atoms with Gasteiger partial charge in [-0.25, -0.2) is 14.0 Å². The highest BCUT2D eigenvalue weighted by Crippen LogP contribution is 2.10. The summed E-state index contributed by atoms with van der Waals surface area (Å²) in [5.74, 6) is -2.41. The minimum atomic E-state index is -2.19. The highest BCUT2D eigenvalue weighted by Gasteiger charge is 2.29. The molecule has 0 fully saturated rings. The van der Waals surface area contributed by atoms with E-state index in [1.54, 1.807) is 0 Å². The lowest BCUT2D eigenvalue weighted by Gasteiger charge is -2.17. The third kappa shape index (κ3) is 3.55. The number of carboxylic acids is 1. The molecule has 0 unspecified atom stereocenters. The molecule has 0 radical (unpaired) electrons. The quantitative estimate of drug-likeness (QED) is 0.541. The lowest BCUT2D eigenvalue weighted by Crippen LogP contribution is -2.33. The molecule has 0 rings (SSSR count). The molecule has 0 amide bonds. The molecular weight excluding hydrogens is 191 g/mol. The Labute approximate surface area is 81.4 Å². The van der Waals surface area contributed by atoms with Gasteiger partial charge < -0.3 is 9.84 Å². The SMILES string of the molecule is C=C(C)C(=O)O[C@H](CC)[C@H](F)C(=O)O. The number of rotatable bonds is 5. The van der Waals surface area contributed by atoms with Crippen molar-refractivity contribution in [1.82, 2.24) is 0 Å². The summed E-state index contributed by atoms with van der Waals surface area (Å²) in [6, 6.07) is 0. The van der Waals surface area contributed by atoms with Gasteiger partial charge in [-0.15, -0.1) is 0 Å². The van der Waals surface area contributed by atoms with E-state index in [0.717, 1.165) is 0 Å². The predicted molar refractivity (Wildman–Crippen MR) is 47.5 cm³/mol. The Morgan fingerprint density at radius 3 is 2.36 bits per heavy atom. The highest BCUT2D eigenvalue weighted by molar-refractivity contribution is 5.87. The summed E-state index contributed by atoms with van der Waals surface area (Å²) < 4.78 is 17.5. The number of halogens is 1. The Morgan fingerprint density at radius 1 is 1.57 bits per heavy atom. The molecule has 1 N–H and O–H groups in total. The molecular formula is C9H13FO4. The first kappa shape index (κ1) is 12.6. The molecule has 0 spiro atoms. The molecule has 0 saturated carbocycles. The van der Waals surface area contributed by atoms with Gasteiger partial charge in [0, 0.05) is 5.57 Å². The van der Waals surface area contributed by atoms with Crippen LogP contribution >= 0.6 is 0 Å². The molecule has 80 valence electrons. The van der Waals surface area contributed by atoms with Crippen LogP contribution in [0.1, 0.15) is 20.3 Å². The van der Waals surface area contributed by atoms with Gasteiger partial charge in [0.25, 0.3) is 0 Å². The summed E-state index contributed by atoms with van der Waals surface area (Å²) in [6.45, 7) is 6.24. The van der Waals surface area contributed by atoms with Gasteiger partial charge in [-0.05, 0) is 13.3 Å². The maximum Gasteiger partial charge on any atom is 0.342 e. The van der Waals surface area contributed by atoms with Crippen LogP contribution in [0.2, 0.25) is 0 Å². The largest absolute Gasteiger partial charge is 0.479 e. The molecule has 4 nitrogen and oxygen atoms in total. The molecule has 0 aliphatic carbocycles. The summed E-state index contributed by atoms with van der Waals surface area (Å²) in [4.78, 5) is 21.2. The Morgan fingerprint density at radius 2 is 2.07 bits per heavy atom. The van der Waals surface area contributed by atoms with Crippen molar-refractivity contribution in [1.29, 1.82) is 0 Å². The number of alkyl halides is 1. The zero-order chi connectivity index (χ0) is 11.3. The van der Waals surface area contributed by atoms with Gasteiger partial charge in [-0.2, -0.15) is 0 Å². The van der Waals surface area contributed by atoms with E-state index in [1.165, 1.54) is 13.8 Å². The second kappa shape index (κ2) is 5.36. The van der Waals surface area contributed by atoms with E-state index in [1.807, 2.05) is 0 Å². The van der Waals surface area contributed by atoms with E-state index in [-0.39, 0.29) is 12.0 Å². The van der Waals surface area contributed by atoms with Crippen molar-refractivity contribution in [2.75, 3.05) is 0 Å². The van der Waals surface area contributed by atoms with Gasteiger partial charge in [0.1, 0.15) is 6.10 Å². The fraction of sp³-hybridized carbons (Fsp3) is 0.556. The van der Waals surface area contributed by atoms with Gasteiger partial charge in [0.15, 0.2) is 0 Å². The summed E-state index contributed by atoms with van der Waals surface area (Å²) >= 11 is 0. The molecule has 0 aromatic rings. The Hall–Kier alpha value is -1.39. The first-order valence-electron chi connectivity index (χ1n) is 4.13. The zero-order valence-corrected chi connectivity index (χ0v) is 8.12. The number of esters is 1. The average Bonchev–Trinajstić information content (AvgIpc) is 2.12. The maximum absolute atomic E-state index is 12.9. The normalized spacial score (nSPS) is 14.2. The average molecular weight is 204 g/mol. The van der Waals surface area contributed by atoms with Crippen molar-refractivity contribution in [3.05, 3.63) is 12.2 Å². The topological polar surface area (TPSA) is 63.6 Å². The first-order valence-corrected chi connectivity index (χ1v) is 4.13. The molecule has 0 aliphatic rings. The minimum absolute atomic E-state index is 0.104. The molecule has 0 bridgehead atoms. The van der Waals surface area contributed by atoms with Crippen molar-refractivity contribution >= 4 is 11.9 Å². The molecule has 0 saturated heterocycles. The maximum atomic E-state index is 12.9. The van der Waals surface area contributed by atoms with Gasteiger partial charge in [-0.1, -0.05) is 13.5 Å². The van der Waals surface area contributed by atoms with Crippen LogP contribution in [-0.2, 0) is 14.3 Å². The molecule has 0 aromatic carbocycles. The van der Waals surface area contributed by atoms with E-state index in [4.69, 9.17) is 5.11 Å². The lowest BCUT2D eigenvalue weighted by molar-refractivity contribution is -0.157. The van der Waals surface area contributed by atoms with E-state index in [2.05, 4.69) is 11.3 Å². The van der Waals surface area contributed by atoms with Crippen molar-refractivity contribution in [3.63, 3.8) is 0 Å². The third-order valence-electron chi connectivity index (χ3n) is 1.57. The van der Waals surface area contributed by atoms with Crippen LogP contribution in [0, 0.1) is 0 Å². The monoisotopic (exact) mass is 204 g/mol. The standard InChI is InChI=1S/C9H13FO4/c1-4-6(7(10)8(11)12)14-9(13)5(2)3/h6-7H,2,4H2,1,3H3,(H,11,12)/t6-,7+/m1/s1. The molecule has 0 aromatic heterocycles. The Kier molecular flexibility index (Phi) is 4.83. The van der Waals surface area contributed by atoms with Crippen molar-refractivity contribution in [3.8, 4) is 0 Å². The summed E-state index contributed by atoms with van der Waals surface area (Å²) in [7, 11) is 0. The van der Waals surface area contributed by atoms with Crippen LogP contribution in [0.25, 0.3) is 0 Å². The van der Waals surface area contributed by atoms with Gasteiger partial charge >= 0.3 is 11.9 Å². The minimum Gasteiger partial charge on any atom is -0.479 e. The van der Waals surface area contributed by atoms with E-state index in [0.29, 0.717) is 0 Å². The Balaban J connectivity index is 4.36. The number of hydrogen-bond donors (Lipinski definition) is 1. The number of carbonyl (C=O) groups is 2. The van der Waals surface area contributed by atoms with Gasteiger partial charge in [0.05, 0.1) is 0 Å². The van der Waals surface area contributed by atoms with Gasteiger partial charge in [-0.3, -0.25) is 0 Å². The van der Waals surface area contributed by atoms with Crippen LogP contribution < -0.4 is 0 Å². The predicted octanol–water partition coefficient (Wildman–Crippen LogP) is 1.31. The number of carboxylic acid groups (broad SMARTS) is 1. The molecule has 2 atom stereocenters. The van der Waals surface area contributed by atoms with Crippen LogP contribution in [-0.4, -0.2) is 29.3 Å². The number of carbonyl (C=O) groups excluding carboxylic acids is 1. The van der Waals surface area contributed by atoms with Crippen LogP contribution in [0.4, 0.5) is 4.39 Å². The second-order valence-electron chi connectivity index (χ2n) is 2.87. The number of aliphatic carboxylic acids is 1. The second-order valence-corrected chi connectivity index (χ2v) is 2.87. The van der Waals surface area contributed by atoms with E-state index >= 15 is 0 Å². The fourth-order valence-corrected chi connectivity index (χ4v) is 0.747. The molecule has 0 heterocycles. The van der Waals surface area contributed by atoms with E-state index < -0.39 is 24.2 Å². The molecule has 14 heavy (non-hydrogen) atoms.